The zero-order valence-corrected chi connectivity index (χ0v) is 13.2. The average Bonchev–Trinajstić information content (AvgIpc) is 2.64. The molecule has 1 heterocycles. The second-order valence-corrected chi connectivity index (χ2v) is 5.31. The Morgan fingerprint density at radius 1 is 1.08 bits per heavy atom. The molecule has 120 valence electrons. The molecule has 0 fully saturated rings. The van der Waals surface area contributed by atoms with Crippen LogP contribution in [0.3, 0.4) is 0 Å². The number of alkyl carbamates (subject to hydrolysis) is 1. The molecule has 0 unspecified atom stereocenters. The number of nitrogens with zero attached hydrogens (tertiary/aromatic N) is 1. The van der Waals surface area contributed by atoms with Crippen LogP contribution in [-0.2, 0) is 11.3 Å². The molecule has 4 nitrogen and oxygen atoms in total. The Labute approximate surface area is 140 Å². The number of para-hydroxylation sites is 1. The Balaban J connectivity index is 1.46. The predicted molar refractivity (Wildman–Crippen MR) is 95.4 cm³/mol. The van der Waals surface area contributed by atoms with Gasteiger partial charge in [0.25, 0.3) is 0 Å². The highest BCUT2D eigenvalue weighted by Gasteiger charge is 2.00. The number of pyridine rings is 1. The molecular weight excluding hydrogens is 300 g/mol. The summed E-state index contributed by atoms with van der Waals surface area (Å²) < 4.78 is 5.14. The number of carbonyl (C=O) groups is 1. The van der Waals surface area contributed by atoms with Crippen LogP contribution < -0.4 is 5.32 Å². The molecule has 0 aliphatic heterocycles. The van der Waals surface area contributed by atoms with Gasteiger partial charge in [0.1, 0.15) is 6.61 Å². The van der Waals surface area contributed by atoms with Crippen molar-refractivity contribution in [3.05, 3.63) is 84.1 Å². The van der Waals surface area contributed by atoms with Crippen molar-refractivity contribution >= 4 is 23.1 Å². The summed E-state index contributed by atoms with van der Waals surface area (Å²) in [4.78, 5) is 16.0. The van der Waals surface area contributed by atoms with Gasteiger partial charge in [0.05, 0.1) is 5.52 Å². The molecule has 0 aliphatic carbocycles. The molecule has 4 heteroatoms. The summed E-state index contributed by atoms with van der Waals surface area (Å²) in [5, 5.41) is 3.78. The van der Waals surface area contributed by atoms with Crippen molar-refractivity contribution in [3.63, 3.8) is 0 Å². The Kier molecular flexibility index (Phi) is 5.20. The first-order valence-corrected chi connectivity index (χ1v) is 7.77. The lowest BCUT2D eigenvalue weighted by Gasteiger charge is -2.05. The Morgan fingerprint density at radius 3 is 2.75 bits per heavy atom. The van der Waals surface area contributed by atoms with Gasteiger partial charge in [-0.05, 0) is 23.3 Å². The molecule has 1 N–H and O–H groups in total. The minimum absolute atomic E-state index is 0.269. The lowest BCUT2D eigenvalue weighted by molar-refractivity contribution is 0.141. The van der Waals surface area contributed by atoms with Crippen LogP contribution in [0.1, 0.15) is 11.1 Å². The van der Waals surface area contributed by atoms with Crippen molar-refractivity contribution in [1.82, 2.24) is 10.3 Å². The van der Waals surface area contributed by atoms with Gasteiger partial charge in [0, 0.05) is 18.1 Å². The highest BCUT2D eigenvalue weighted by Crippen LogP contribution is 2.13. The summed E-state index contributed by atoms with van der Waals surface area (Å²) in [5.74, 6) is 0. The largest absolute Gasteiger partial charge is 0.445 e. The highest BCUT2D eigenvalue weighted by molar-refractivity contribution is 5.80. The van der Waals surface area contributed by atoms with E-state index < -0.39 is 6.09 Å². The summed E-state index contributed by atoms with van der Waals surface area (Å²) in [6.07, 6.45) is 5.18. The van der Waals surface area contributed by atoms with E-state index in [4.69, 9.17) is 4.74 Å². The third-order valence-corrected chi connectivity index (χ3v) is 3.50. The van der Waals surface area contributed by atoms with E-state index in [2.05, 4.69) is 16.4 Å². The van der Waals surface area contributed by atoms with Crippen molar-refractivity contribution in [3.8, 4) is 0 Å². The molecule has 0 bridgehead atoms. The Morgan fingerprint density at radius 2 is 1.88 bits per heavy atom. The highest BCUT2D eigenvalue weighted by atomic mass is 16.5. The van der Waals surface area contributed by atoms with E-state index in [1.807, 2.05) is 72.9 Å². The topological polar surface area (TPSA) is 51.2 Å². The van der Waals surface area contributed by atoms with Crippen molar-refractivity contribution < 1.29 is 9.53 Å². The first-order valence-electron chi connectivity index (χ1n) is 7.77. The van der Waals surface area contributed by atoms with E-state index in [1.54, 1.807) is 0 Å². The molecule has 0 aliphatic rings. The van der Waals surface area contributed by atoms with Crippen LogP contribution in [0, 0.1) is 0 Å². The van der Waals surface area contributed by atoms with Crippen LogP contribution in [0.4, 0.5) is 4.79 Å². The fourth-order valence-corrected chi connectivity index (χ4v) is 2.29. The third kappa shape index (κ3) is 4.43. The SMILES string of the molecule is O=C(NCC=Cc1cnc2ccccc2c1)OCc1ccccc1. The summed E-state index contributed by atoms with van der Waals surface area (Å²) in [6, 6.07) is 19.6. The summed E-state index contributed by atoms with van der Waals surface area (Å²) >= 11 is 0. The number of fused-ring (bicyclic) bond motifs is 1. The lowest BCUT2D eigenvalue weighted by atomic mass is 10.1. The maximum Gasteiger partial charge on any atom is 0.407 e. The number of hydrogen-bond acceptors (Lipinski definition) is 3. The van der Waals surface area contributed by atoms with E-state index in [0.717, 1.165) is 22.0 Å². The quantitative estimate of drug-likeness (QED) is 0.768. The minimum atomic E-state index is -0.430. The molecular formula is C20H18N2O2. The summed E-state index contributed by atoms with van der Waals surface area (Å²) in [7, 11) is 0. The van der Waals surface area contributed by atoms with Gasteiger partial charge in [-0.3, -0.25) is 4.98 Å². The molecule has 3 aromatic rings. The van der Waals surface area contributed by atoms with Gasteiger partial charge < -0.3 is 10.1 Å². The van der Waals surface area contributed by atoms with E-state index in [9.17, 15) is 4.79 Å². The maximum absolute atomic E-state index is 11.6. The number of benzene rings is 2. The van der Waals surface area contributed by atoms with Crippen LogP contribution in [-0.4, -0.2) is 17.6 Å². The third-order valence-electron chi connectivity index (χ3n) is 3.50. The maximum atomic E-state index is 11.6. The molecule has 1 aromatic heterocycles. The molecule has 3 rings (SSSR count). The van der Waals surface area contributed by atoms with Gasteiger partial charge in [0.15, 0.2) is 0 Å². The van der Waals surface area contributed by atoms with Gasteiger partial charge in [-0.15, -0.1) is 0 Å². The number of ether oxygens (including phenoxy) is 1. The molecule has 2 aromatic carbocycles. The van der Waals surface area contributed by atoms with Crippen molar-refractivity contribution in [2.75, 3.05) is 6.54 Å². The fourth-order valence-electron chi connectivity index (χ4n) is 2.29. The second-order valence-electron chi connectivity index (χ2n) is 5.31. The number of rotatable bonds is 5. The van der Waals surface area contributed by atoms with Gasteiger partial charge in [-0.1, -0.05) is 60.7 Å². The number of carbonyl (C=O) groups excluding carboxylic acids is 1. The van der Waals surface area contributed by atoms with E-state index >= 15 is 0 Å². The van der Waals surface area contributed by atoms with Gasteiger partial charge in [-0.2, -0.15) is 0 Å². The molecule has 0 spiro atoms. The van der Waals surface area contributed by atoms with Gasteiger partial charge in [0.2, 0.25) is 0 Å². The predicted octanol–water partition coefficient (Wildman–Crippen LogP) is 4.17. The van der Waals surface area contributed by atoms with Crippen LogP contribution >= 0.6 is 0 Å². The van der Waals surface area contributed by atoms with Crippen LogP contribution in [0.25, 0.3) is 17.0 Å². The Hall–Kier alpha value is -3.14. The van der Waals surface area contributed by atoms with Gasteiger partial charge >= 0.3 is 6.09 Å². The van der Waals surface area contributed by atoms with E-state index in [1.165, 1.54) is 0 Å². The number of aromatic nitrogens is 1. The van der Waals surface area contributed by atoms with Crippen LogP contribution in [0.2, 0.25) is 0 Å². The minimum Gasteiger partial charge on any atom is -0.445 e. The smallest absolute Gasteiger partial charge is 0.407 e. The summed E-state index contributed by atoms with van der Waals surface area (Å²) in [5.41, 5.74) is 2.93. The zero-order valence-electron chi connectivity index (χ0n) is 13.2. The Bertz CT molecular complexity index is 844. The number of hydrogen-bond donors (Lipinski definition) is 1. The normalized spacial score (nSPS) is 10.8. The van der Waals surface area contributed by atoms with E-state index in [0.29, 0.717) is 6.54 Å². The zero-order chi connectivity index (χ0) is 16.6. The van der Waals surface area contributed by atoms with Crippen molar-refractivity contribution in [2.24, 2.45) is 0 Å². The lowest BCUT2D eigenvalue weighted by Crippen LogP contribution is -2.24. The molecule has 24 heavy (non-hydrogen) atoms. The van der Waals surface area contributed by atoms with E-state index in [-0.39, 0.29) is 6.61 Å². The molecule has 0 saturated heterocycles. The standard InChI is InChI=1S/C20H18N2O2/c23-20(24-15-16-7-2-1-3-8-16)21-12-6-9-17-13-18-10-4-5-11-19(18)22-14-17/h1-11,13-14H,12,15H2,(H,21,23). The van der Waals surface area contributed by atoms with Crippen molar-refractivity contribution in [1.29, 1.82) is 0 Å². The first kappa shape index (κ1) is 15.7. The fraction of sp³-hybridized carbons (Fsp3) is 0.100. The molecule has 1 amide bonds. The summed E-state index contributed by atoms with van der Waals surface area (Å²) in [6.45, 7) is 0.672. The molecule has 0 saturated carbocycles. The average molecular weight is 318 g/mol. The number of nitrogens with one attached hydrogen (secondary N) is 1. The van der Waals surface area contributed by atoms with Gasteiger partial charge in [-0.25, -0.2) is 4.79 Å². The second kappa shape index (κ2) is 7.92. The molecule has 0 radical (unpaired) electrons. The number of amides is 1. The van der Waals surface area contributed by atoms with Crippen LogP contribution in [0.5, 0.6) is 0 Å². The molecule has 0 atom stereocenters. The van der Waals surface area contributed by atoms with Crippen molar-refractivity contribution in [2.45, 2.75) is 6.61 Å². The van der Waals surface area contributed by atoms with Crippen LogP contribution in [0.15, 0.2) is 72.9 Å². The monoisotopic (exact) mass is 318 g/mol. The first-order chi connectivity index (χ1) is 11.8.